The van der Waals surface area contributed by atoms with Gasteiger partial charge >= 0.3 is 6.09 Å². The summed E-state index contributed by atoms with van der Waals surface area (Å²) < 4.78 is 5.35. The van der Waals surface area contributed by atoms with Crippen molar-refractivity contribution in [3.05, 3.63) is 30.1 Å². The van der Waals surface area contributed by atoms with E-state index in [-0.39, 0.29) is 12.1 Å². The van der Waals surface area contributed by atoms with Gasteiger partial charge in [0.2, 0.25) is 0 Å². The first kappa shape index (κ1) is 18.5. The zero-order valence-electron chi connectivity index (χ0n) is 14.4. The summed E-state index contributed by atoms with van der Waals surface area (Å²) >= 11 is 0. The van der Waals surface area contributed by atoms with Gasteiger partial charge in [0, 0.05) is 18.4 Å². The molecule has 1 atom stereocenters. The van der Waals surface area contributed by atoms with Crippen LogP contribution in [0.1, 0.15) is 65.4 Å². The first-order valence-corrected chi connectivity index (χ1v) is 8.29. The Hall–Kier alpha value is -1.58. The molecule has 1 aromatic rings. The second kappa shape index (κ2) is 9.44. The van der Waals surface area contributed by atoms with Crippen LogP contribution in [0.3, 0.4) is 0 Å². The minimum atomic E-state index is -0.449. The van der Waals surface area contributed by atoms with E-state index in [0.29, 0.717) is 0 Å². The van der Waals surface area contributed by atoms with Gasteiger partial charge in [-0.05, 0) is 58.1 Å². The molecule has 0 radical (unpaired) electrons. The summed E-state index contributed by atoms with van der Waals surface area (Å²) in [6, 6.07) is 4.24. The van der Waals surface area contributed by atoms with Crippen molar-refractivity contribution in [2.24, 2.45) is 0 Å². The van der Waals surface area contributed by atoms with Gasteiger partial charge < -0.3 is 10.1 Å². The van der Waals surface area contributed by atoms with Gasteiger partial charge in [-0.1, -0.05) is 25.8 Å². The molecule has 0 fully saturated rings. The summed E-state index contributed by atoms with van der Waals surface area (Å²) in [5, 5.41) is 3.02. The number of carbonyl (C=O) groups is 1. The monoisotopic (exact) mass is 306 g/mol. The van der Waals surface area contributed by atoms with Crippen LogP contribution in [0.4, 0.5) is 4.79 Å². The van der Waals surface area contributed by atoms with Crippen LogP contribution >= 0.6 is 0 Å². The van der Waals surface area contributed by atoms with Gasteiger partial charge in [-0.2, -0.15) is 0 Å². The Morgan fingerprint density at radius 3 is 2.64 bits per heavy atom. The van der Waals surface area contributed by atoms with Crippen LogP contribution in [0.2, 0.25) is 0 Å². The first-order valence-electron chi connectivity index (χ1n) is 8.29. The number of hydrogen-bond acceptors (Lipinski definition) is 3. The summed E-state index contributed by atoms with van der Waals surface area (Å²) in [4.78, 5) is 16.1. The molecule has 1 rings (SSSR count). The molecule has 4 heteroatoms. The fraction of sp³-hybridized carbons (Fsp3) is 0.667. The first-order chi connectivity index (χ1) is 10.4. The van der Waals surface area contributed by atoms with Crippen LogP contribution in [-0.4, -0.2) is 22.7 Å². The number of alkyl carbamates (subject to hydrolysis) is 1. The van der Waals surface area contributed by atoms with Crippen molar-refractivity contribution in [3.8, 4) is 0 Å². The van der Waals surface area contributed by atoms with E-state index >= 15 is 0 Å². The number of rotatable bonds is 8. The van der Waals surface area contributed by atoms with Crippen LogP contribution in [0.5, 0.6) is 0 Å². The lowest BCUT2D eigenvalue weighted by Crippen LogP contribution is -2.39. The highest BCUT2D eigenvalue weighted by molar-refractivity contribution is 5.68. The number of hydrogen-bond donors (Lipinski definition) is 1. The number of aryl methyl sites for hydroxylation is 1. The third-order valence-electron chi connectivity index (χ3n) is 3.37. The molecule has 1 amide bonds. The summed E-state index contributed by atoms with van der Waals surface area (Å²) in [7, 11) is 0. The van der Waals surface area contributed by atoms with Gasteiger partial charge in [-0.25, -0.2) is 4.79 Å². The summed E-state index contributed by atoms with van der Waals surface area (Å²) in [6.45, 7) is 7.82. The van der Waals surface area contributed by atoms with Crippen molar-refractivity contribution in [3.63, 3.8) is 0 Å². The Labute approximate surface area is 134 Å². The molecule has 0 saturated carbocycles. The molecular weight excluding hydrogens is 276 g/mol. The highest BCUT2D eigenvalue weighted by atomic mass is 16.6. The van der Waals surface area contributed by atoms with E-state index in [2.05, 4.69) is 23.3 Å². The molecule has 0 spiro atoms. The van der Waals surface area contributed by atoms with Gasteiger partial charge in [0.05, 0.1) is 0 Å². The molecule has 0 bridgehead atoms. The molecule has 0 aromatic carbocycles. The number of nitrogens with zero attached hydrogens (tertiary/aromatic N) is 1. The van der Waals surface area contributed by atoms with E-state index in [0.717, 1.165) is 38.5 Å². The molecule has 4 nitrogen and oxygen atoms in total. The zero-order valence-corrected chi connectivity index (χ0v) is 14.4. The van der Waals surface area contributed by atoms with Crippen molar-refractivity contribution >= 4 is 6.09 Å². The van der Waals surface area contributed by atoms with E-state index in [1.807, 2.05) is 33.0 Å². The molecule has 0 aliphatic carbocycles. The summed E-state index contributed by atoms with van der Waals surface area (Å²) in [6.07, 6.45) is 9.64. The highest BCUT2D eigenvalue weighted by Gasteiger charge is 2.19. The van der Waals surface area contributed by atoms with E-state index in [9.17, 15) is 4.79 Å². The second-order valence-corrected chi connectivity index (χ2v) is 6.74. The fourth-order valence-corrected chi connectivity index (χ4v) is 2.31. The maximum Gasteiger partial charge on any atom is 0.407 e. The lowest BCUT2D eigenvalue weighted by atomic mass is 10.0. The van der Waals surface area contributed by atoms with Crippen molar-refractivity contribution in [1.82, 2.24) is 10.3 Å². The third kappa shape index (κ3) is 8.65. The van der Waals surface area contributed by atoms with E-state index in [1.165, 1.54) is 5.56 Å². The number of amides is 1. The third-order valence-corrected chi connectivity index (χ3v) is 3.37. The molecule has 1 heterocycles. The molecule has 0 aliphatic rings. The normalized spacial score (nSPS) is 12.7. The Kier molecular flexibility index (Phi) is 7.92. The summed E-state index contributed by atoms with van der Waals surface area (Å²) in [5.74, 6) is 0. The molecule has 0 saturated heterocycles. The van der Waals surface area contributed by atoms with Crippen LogP contribution in [-0.2, 0) is 11.2 Å². The molecule has 1 unspecified atom stereocenters. The number of aromatic nitrogens is 1. The number of carbonyl (C=O) groups excluding carboxylic acids is 1. The minimum Gasteiger partial charge on any atom is -0.444 e. The van der Waals surface area contributed by atoms with Crippen molar-refractivity contribution in [2.45, 2.75) is 77.9 Å². The average Bonchev–Trinajstić information content (AvgIpc) is 2.43. The predicted octanol–water partition coefficient (Wildman–Crippen LogP) is 4.49. The summed E-state index contributed by atoms with van der Waals surface area (Å²) in [5.41, 5.74) is 0.795. The Morgan fingerprint density at radius 1 is 1.32 bits per heavy atom. The van der Waals surface area contributed by atoms with Crippen LogP contribution in [0.15, 0.2) is 24.5 Å². The largest absolute Gasteiger partial charge is 0.444 e. The van der Waals surface area contributed by atoms with Crippen LogP contribution in [0, 0.1) is 0 Å². The van der Waals surface area contributed by atoms with E-state index in [4.69, 9.17) is 4.74 Å². The predicted molar refractivity (Wildman–Crippen MR) is 89.9 cm³/mol. The standard InChI is InChI=1S/C18H30N2O2/c1-5-6-11-16(20-17(21)22-18(2,3)4)12-7-9-15-10-8-13-19-14-15/h8,10,13-14,16H,5-7,9,11-12H2,1-4H3,(H,20,21). The van der Waals surface area contributed by atoms with E-state index < -0.39 is 5.60 Å². The molecule has 1 aromatic heterocycles. The van der Waals surface area contributed by atoms with Crippen molar-refractivity contribution < 1.29 is 9.53 Å². The number of unbranched alkanes of at least 4 members (excludes halogenated alkanes) is 1. The Morgan fingerprint density at radius 2 is 2.05 bits per heavy atom. The quantitative estimate of drug-likeness (QED) is 0.770. The van der Waals surface area contributed by atoms with Gasteiger partial charge in [-0.15, -0.1) is 0 Å². The molecule has 22 heavy (non-hydrogen) atoms. The molecule has 124 valence electrons. The molecule has 1 N–H and O–H groups in total. The zero-order chi connectivity index (χ0) is 16.4. The number of ether oxygens (including phenoxy) is 1. The molecule has 0 aliphatic heterocycles. The Bertz CT molecular complexity index is 426. The minimum absolute atomic E-state index is 0.187. The fourth-order valence-electron chi connectivity index (χ4n) is 2.31. The van der Waals surface area contributed by atoms with Crippen LogP contribution < -0.4 is 5.32 Å². The lowest BCUT2D eigenvalue weighted by Gasteiger charge is -2.23. The number of pyridine rings is 1. The lowest BCUT2D eigenvalue weighted by molar-refractivity contribution is 0.0498. The van der Waals surface area contributed by atoms with Gasteiger partial charge in [-0.3, -0.25) is 4.98 Å². The van der Waals surface area contributed by atoms with Gasteiger partial charge in [0.15, 0.2) is 0 Å². The topological polar surface area (TPSA) is 51.2 Å². The van der Waals surface area contributed by atoms with Crippen LogP contribution in [0.25, 0.3) is 0 Å². The van der Waals surface area contributed by atoms with Gasteiger partial charge in [0.1, 0.15) is 5.60 Å². The average molecular weight is 306 g/mol. The smallest absolute Gasteiger partial charge is 0.407 e. The number of nitrogens with one attached hydrogen (secondary N) is 1. The highest BCUT2D eigenvalue weighted by Crippen LogP contribution is 2.12. The SMILES string of the molecule is CCCCC(CCCc1cccnc1)NC(=O)OC(C)(C)C. The molecular formula is C18H30N2O2. The maximum atomic E-state index is 11.9. The Balaban J connectivity index is 2.41. The van der Waals surface area contributed by atoms with Crippen molar-refractivity contribution in [2.75, 3.05) is 0 Å². The second-order valence-electron chi connectivity index (χ2n) is 6.74. The van der Waals surface area contributed by atoms with Crippen molar-refractivity contribution in [1.29, 1.82) is 0 Å². The van der Waals surface area contributed by atoms with E-state index in [1.54, 1.807) is 6.20 Å². The van der Waals surface area contributed by atoms with Gasteiger partial charge in [0.25, 0.3) is 0 Å². The maximum absolute atomic E-state index is 11.9.